The molecule has 13 heteroatoms. The van der Waals surface area contributed by atoms with Crippen LogP contribution in [0, 0.1) is 0 Å². The Kier molecular flexibility index (Phi) is 9.04. The fourth-order valence-corrected chi connectivity index (χ4v) is 4.07. The number of nitrogens with one attached hydrogen (secondary N) is 3. The summed E-state index contributed by atoms with van der Waals surface area (Å²) in [6, 6.07) is 7.86. The first kappa shape index (κ1) is 28.7. The van der Waals surface area contributed by atoms with Gasteiger partial charge in [0, 0.05) is 40.4 Å². The first-order valence-electron chi connectivity index (χ1n) is 10.3. The summed E-state index contributed by atoms with van der Waals surface area (Å²) in [4.78, 5) is 18.5. The van der Waals surface area contributed by atoms with E-state index in [1.54, 1.807) is 18.3 Å². The van der Waals surface area contributed by atoms with Crippen molar-refractivity contribution in [3.8, 4) is 0 Å². The van der Waals surface area contributed by atoms with Crippen LogP contribution in [0.2, 0.25) is 0 Å². The highest BCUT2D eigenvalue weighted by Gasteiger charge is 2.39. The van der Waals surface area contributed by atoms with Crippen molar-refractivity contribution in [2.24, 2.45) is 0 Å². The predicted molar refractivity (Wildman–Crippen MR) is 130 cm³/mol. The van der Waals surface area contributed by atoms with E-state index in [1.807, 2.05) is 12.1 Å². The molecule has 1 aliphatic carbocycles. The molecule has 1 aromatic carbocycles. The van der Waals surface area contributed by atoms with Crippen molar-refractivity contribution >= 4 is 49.5 Å². The van der Waals surface area contributed by atoms with Crippen molar-refractivity contribution in [2.75, 3.05) is 5.32 Å². The van der Waals surface area contributed by atoms with Crippen LogP contribution in [0.3, 0.4) is 0 Å². The zero-order chi connectivity index (χ0) is 23.8. The Morgan fingerprint density at radius 2 is 1.46 bits per heavy atom. The molecular formula is C22H24F6N4OS2. The Balaban J connectivity index is 0.00000216. The Hall–Kier alpha value is -2.54. The van der Waals surface area contributed by atoms with E-state index < -0.39 is 23.7 Å². The van der Waals surface area contributed by atoms with Crippen LogP contribution in [0.1, 0.15) is 47.4 Å². The molecule has 1 fully saturated rings. The van der Waals surface area contributed by atoms with E-state index in [-0.39, 0.29) is 50.7 Å². The second-order valence-electron chi connectivity index (χ2n) is 8.03. The number of anilines is 1. The lowest BCUT2D eigenvalue weighted by Crippen LogP contribution is -2.40. The zero-order valence-electron chi connectivity index (χ0n) is 18.1. The minimum absolute atomic E-state index is 0. The standard InChI is InChI=1S/C22H20F6N4O.2H2S/c23-21(24,25)18-10-14(11-19(32-18)22(26,27)28)30-12-4-6-13(7-5-12)31-20(33)16-2-1-3-17-15(16)8-9-29-17;;/h1-3,8-13,29H,4-7H2,(H,30,32)(H,31,33);2*1H2. The van der Waals surface area contributed by atoms with Crippen molar-refractivity contribution in [3.05, 3.63) is 59.5 Å². The summed E-state index contributed by atoms with van der Waals surface area (Å²) >= 11 is 0. The molecule has 1 saturated carbocycles. The van der Waals surface area contributed by atoms with Gasteiger partial charge in [0.05, 0.1) is 0 Å². The number of nitrogens with zero attached hydrogens (tertiary/aromatic N) is 1. The second kappa shape index (κ2) is 11.0. The van der Waals surface area contributed by atoms with Gasteiger partial charge in [0.1, 0.15) is 11.4 Å². The molecule has 2 heterocycles. The van der Waals surface area contributed by atoms with Gasteiger partial charge in [-0.05, 0) is 56.0 Å². The number of aromatic amines is 1. The average molecular weight is 539 g/mol. The molecule has 0 spiro atoms. The smallest absolute Gasteiger partial charge is 0.382 e. The Bertz CT molecular complexity index is 1120. The Morgan fingerprint density at radius 3 is 2.03 bits per heavy atom. The van der Waals surface area contributed by atoms with E-state index in [4.69, 9.17) is 0 Å². The van der Waals surface area contributed by atoms with Gasteiger partial charge in [0.25, 0.3) is 5.91 Å². The molecule has 0 radical (unpaired) electrons. The van der Waals surface area contributed by atoms with Gasteiger partial charge in [-0.15, -0.1) is 0 Å². The lowest BCUT2D eigenvalue weighted by molar-refractivity contribution is -0.150. The number of carbonyl (C=O) groups excluding carboxylic acids is 1. The fraction of sp³-hybridized carbons (Fsp3) is 0.364. The van der Waals surface area contributed by atoms with E-state index >= 15 is 0 Å². The van der Waals surface area contributed by atoms with Crippen LogP contribution in [0.4, 0.5) is 32.0 Å². The third-order valence-electron chi connectivity index (χ3n) is 5.68. The molecule has 192 valence electrons. The average Bonchev–Trinajstić information content (AvgIpc) is 3.22. The Labute approximate surface area is 211 Å². The molecule has 0 aliphatic heterocycles. The molecule has 1 aliphatic rings. The maximum Gasteiger partial charge on any atom is 0.433 e. The highest BCUT2D eigenvalue weighted by molar-refractivity contribution is 7.59. The first-order valence-corrected chi connectivity index (χ1v) is 10.3. The van der Waals surface area contributed by atoms with Crippen LogP contribution in [0.5, 0.6) is 0 Å². The highest BCUT2D eigenvalue weighted by Crippen LogP contribution is 2.35. The molecule has 0 bridgehead atoms. The van der Waals surface area contributed by atoms with Crippen LogP contribution in [0.15, 0.2) is 42.6 Å². The number of carbonyl (C=O) groups is 1. The third-order valence-corrected chi connectivity index (χ3v) is 5.68. The monoisotopic (exact) mass is 538 g/mol. The number of rotatable bonds is 4. The van der Waals surface area contributed by atoms with E-state index in [0.717, 1.165) is 10.9 Å². The summed E-state index contributed by atoms with van der Waals surface area (Å²) < 4.78 is 78.0. The number of hydrogen-bond acceptors (Lipinski definition) is 3. The summed E-state index contributed by atoms with van der Waals surface area (Å²) in [5.41, 5.74) is -2.11. The van der Waals surface area contributed by atoms with Gasteiger partial charge in [-0.1, -0.05) is 6.07 Å². The largest absolute Gasteiger partial charge is 0.433 e. The molecule has 0 atom stereocenters. The lowest BCUT2D eigenvalue weighted by Gasteiger charge is -2.30. The molecule has 5 nitrogen and oxygen atoms in total. The molecule has 2 aromatic heterocycles. The molecule has 35 heavy (non-hydrogen) atoms. The lowest BCUT2D eigenvalue weighted by atomic mass is 9.90. The molecule has 4 rings (SSSR count). The van der Waals surface area contributed by atoms with Gasteiger partial charge < -0.3 is 15.6 Å². The van der Waals surface area contributed by atoms with Gasteiger partial charge in [-0.2, -0.15) is 53.3 Å². The number of halogens is 6. The van der Waals surface area contributed by atoms with Gasteiger partial charge in [-0.3, -0.25) is 4.79 Å². The number of fused-ring (bicyclic) bond motifs is 1. The Morgan fingerprint density at radius 1 is 0.886 bits per heavy atom. The van der Waals surface area contributed by atoms with Crippen LogP contribution in [-0.4, -0.2) is 28.0 Å². The number of amides is 1. The summed E-state index contributed by atoms with van der Waals surface area (Å²) in [6.45, 7) is 0. The summed E-state index contributed by atoms with van der Waals surface area (Å²) in [5, 5.41) is 6.54. The fourth-order valence-electron chi connectivity index (χ4n) is 4.07. The maximum atomic E-state index is 13.0. The molecule has 0 unspecified atom stereocenters. The zero-order valence-corrected chi connectivity index (χ0v) is 20.1. The van der Waals surface area contributed by atoms with Crippen LogP contribution >= 0.6 is 27.0 Å². The van der Waals surface area contributed by atoms with Crippen molar-refractivity contribution in [2.45, 2.75) is 50.1 Å². The van der Waals surface area contributed by atoms with Gasteiger partial charge >= 0.3 is 12.4 Å². The summed E-state index contributed by atoms with van der Waals surface area (Å²) in [5.74, 6) is -0.226. The SMILES string of the molecule is O=C(NC1CCC(Nc2cc(C(F)(F)F)nc(C(F)(F)F)c2)CC1)c1cccc2[nH]ccc12.S.S. The van der Waals surface area contributed by atoms with E-state index in [0.29, 0.717) is 43.4 Å². The van der Waals surface area contributed by atoms with Gasteiger partial charge in [-0.25, -0.2) is 4.98 Å². The number of alkyl halides is 6. The molecule has 3 N–H and O–H groups in total. The third kappa shape index (κ3) is 6.78. The molecular weight excluding hydrogens is 514 g/mol. The molecule has 1 amide bonds. The molecule has 0 saturated heterocycles. The minimum atomic E-state index is -5.00. The van der Waals surface area contributed by atoms with Crippen LogP contribution < -0.4 is 10.6 Å². The predicted octanol–water partition coefficient (Wildman–Crippen LogP) is 5.98. The van der Waals surface area contributed by atoms with E-state index in [9.17, 15) is 31.1 Å². The molecule has 3 aromatic rings. The van der Waals surface area contributed by atoms with E-state index in [1.165, 1.54) is 0 Å². The van der Waals surface area contributed by atoms with Crippen molar-refractivity contribution in [3.63, 3.8) is 0 Å². The topological polar surface area (TPSA) is 69.8 Å². The quantitative estimate of drug-likeness (QED) is 0.358. The van der Waals surface area contributed by atoms with Crippen molar-refractivity contribution in [1.82, 2.24) is 15.3 Å². The minimum Gasteiger partial charge on any atom is -0.382 e. The van der Waals surface area contributed by atoms with Crippen molar-refractivity contribution in [1.29, 1.82) is 0 Å². The normalized spacial score (nSPS) is 18.3. The first-order chi connectivity index (χ1) is 15.5. The van der Waals surface area contributed by atoms with Gasteiger partial charge in [0.15, 0.2) is 0 Å². The summed E-state index contributed by atoms with van der Waals surface area (Å²) in [6.07, 6.45) is -6.23. The number of benzene rings is 1. The van der Waals surface area contributed by atoms with Crippen LogP contribution in [0.25, 0.3) is 10.9 Å². The maximum absolute atomic E-state index is 13.0. The van der Waals surface area contributed by atoms with Crippen molar-refractivity contribution < 1.29 is 31.1 Å². The second-order valence-corrected chi connectivity index (χ2v) is 8.03. The summed E-state index contributed by atoms with van der Waals surface area (Å²) in [7, 11) is 0. The number of hydrogen-bond donors (Lipinski definition) is 3. The van der Waals surface area contributed by atoms with Crippen LogP contribution in [-0.2, 0) is 12.4 Å². The van der Waals surface area contributed by atoms with E-state index in [2.05, 4.69) is 20.6 Å². The number of aromatic nitrogens is 2. The highest BCUT2D eigenvalue weighted by atomic mass is 32.1. The van der Waals surface area contributed by atoms with Gasteiger partial charge in [0.2, 0.25) is 0 Å². The number of pyridine rings is 1. The number of H-pyrrole nitrogens is 1.